The van der Waals surface area contributed by atoms with Gasteiger partial charge in [-0.2, -0.15) is 0 Å². The number of hydrogen-bond donors (Lipinski definition) is 5. The van der Waals surface area contributed by atoms with E-state index < -0.39 is 11.7 Å². The zero-order valence-corrected chi connectivity index (χ0v) is 15.4. The molecule has 0 aromatic heterocycles. The maximum atomic E-state index is 11.9. The number of allylic oxidation sites excluding steroid dienone is 2. The Bertz CT molecular complexity index is 992. The van der Waals surface area contributed by atoms with Gasteiger partial charge in [0, 0.05) is 37.0 Å². The number of nitrogen functional groups attached to an aromatic ring is 1. The third-order valence-corrected chi connectivity index (χ3v) is 3.95. The summed E-state index contributed by atoms with van der Waals surface area (Å²) >= 11 is 0. The quantitative estimate of drug-likeness (QED) is 0.296. The van der Waals surface area contributed by atoms with Gasteiger partial charge in [0.25, 0.3) is 5.91 Å². The number of carboxylic acids is 1. The van der Waals surface area contributed by atoms with Gasteiger partial charge in [0.1, 0.15) is 11.5 Å². The molecule has 28 heavy (non-hydrogen) atoms. The molecule has 2 rings (SSSR count). The van der Waals surface area contributed by atoms with Crippen molar-refractivity contribution in [3.63, 3.8) is 0 Å². The Morgan fingerprint density at radius 3 is 2.00 bits per heavy atom. The second-order valence-electron chi connectivity index (χ2n) is 6.20. The minimum Gasteiger partial charge on any atom is -0.506 e. The standard InChI is InChI=1S/C20H20N4O4/c1-24(2)19(26)12-5-3-11(4-6-12)15(21)10-17(25)18(23)14-8-7-13(20(27)28)9-16(14)22/h3-10,21,23,25H,22H2,1-2H3,(H,27,28)/b17-10-,21-15?,23-18?. The molecule has 2 aromatic carbocycles. The molecular weight excluding hydrogens is 360 g/mol. The maximum absolute atomic E-state index is 11.9. The molecular formula is C20H20N4O4. The van der Waals surface area contributed by atoms with E-state index in [0.29, 0.717) is 11.1 Å². The Balaban J connectivity index is 2.22. The van der Waals surface area contributed by atoms with Gasteiger partial charge in [-0.1, -0.05) is 12.1 Å². The zero-order chi connectivity index (χ0) is 21.0. The van der Waals surface area contributed by atoms with E-state index >= 15 is 0 Å². The van der Waals surface area contributed by atoms with Crippen molar-refractivity contribution in [2.75, 3.05) is 19.8 Å². The molecule has 0 aliphatic carbocycles. The van der Waals surface area contributed by atoms with Gasteiger partial charge >= 0.3 is 5.97 Å². The van der Waals surface area contributed by atoms with E-state index in [1.54, 1.807) is 38.4 Å². The van der Waals surface area contributed by atoms with Crippen molar-refractivity contribution in [1.29, 1.82) is 10.8 Å². The predicted octanol–water partition coefficient (Wildman–Crippen LogP) is 2.55. The lowest BCUT2D eigenvalue weighted by atomic mass is 10.0. The van der Waals surface area contributed by atoms with E-state index in [0.717, 1.165) is 6.08 Å². The molecule has 0 unspecified atom stereocenters. The Morgan fingerprint density at radius 2 is 1.50 bits per heavy atom. The molecule has 0 aliphatic rings. The molecule has 8 heteroatoms. The van der Waals surface area contributed by atoms with E-state index in [1.807, 2.05) is 0 Å². The van der Waals surface area contributed by atoms with Crippen molar-refractivity contribution in [3.05, 3.63) is 76.6 Å². The van der Waals surface area contributed by atoms with Gasteiger partial charge in [0.05, 0.1) is 11.3 Å². The molecule has 0 fully saturated rings. The molecule has 0 atom stereocenters. The largest absolute Gasteiger partial charge is 0.506 e. The molecule has 6 N–H and O–H groups in total. The Kier molecular flexibility index (Phi) is 5.95. The average molecular weight is 380 g/mol. The van der Waals surface area contributed by atoms with Gasteiger partial charge in [0.15, 0.2) is 0 Å². The maximum Gasteiger partial charge on any atom is 0.335 e. The Labute approximate surface area is 161 Å². The number of aliphatic hydroxyl groups is 1. The van der Waals surface area contributed by atoms with Crippen molar-refractivity contribution in [1.82, 2.24) is 4.90 Å². The number of nitrogens with two attached hydrogens (primary N) is 1. The van der Waals surface area contributed by atoms with E-state index in [9.17, 15) is 14.7 Å². The van der Waals surface area contributed by atoms with Gasteiger partial charge < -0.3 is 26.3 Å². The smallest absolute Gasteiger partial charge is 0.335 e. The molecule has 0 saturated heterocycles. The number of carbonyl (C=O) groups excluding carboxylic acids is 1. The fourth-order valence-electron chi connectivity index (χ4n) is 2.40. The van der Waals surface area contributed by atoms with Crippen molar-refractivity contribution in [3.8, 4) is 0 Å². The minimum absolute atomic E-state index is 0.0300. The summed E-state index contributed by atoms with van der Waals surface area (Å²) in [4.78, 5) is 24.3. The third kappa shape index (κ3) is 4.42. The first-order valence-corrected chi connectivity index (χ1v) is 8.15. The number of carboxylic acid groups (broad SMARTS) is 1. The van der Waals surface area contributed by atoms with Gasteiger partial charge in [-0.25, -0.2) is 4.79 Å². The summed E-state index contributed by atoms with van der Waals surface area (Å²) in [7, 11) is 3.28. The second kappa shape index (κ2) is 8.17. The summed E-state index contributed by atoms with van der Waals surface area (Å²) in [6, 6.07) is 10.1. The number of anilines is 1. The molecule has 0 aliphatic heterocycles. The molecule has 1 amide bonds. The summed E-state index contributed by atoms with van der Waals surface area (Å²) in [5.74, 6) is -1.81. The lowest BCUT2D eigenvalue weighted by molar-refractivity contribution is 0.0696. The molecule has 0 spiro atoms. The Morgan fingerprint density at radius 1 is 0.964 bits per heavy atom. The van der Waals surface area contributed by atoms with Crippen LogP contribution in [-0.4, -0.2) is 52.5 Å². The number of aliphatic hydroxyl groups excluding tert-OH is 1. The molecule has 144 valence electrons. The lowest BCUT2D eigenvalue weighted by Gasteiger charge is -2.11. The molecule has 0 heterocycles. The molecule has 0 bridgehead atoms. The molecule has 0 radical (unpaired) electrons. The van der Waals surface area contributed by atoms with E-state index in [-0.39, 0.29) is 34.1 Å². The SMILES string of the molecule is CN(C)C(=O)c1ccc(C(=N)/C=C(\O)C(=N)c2ccc(C(=O)O)cc2N)cc1. The van der Waals surface area contributed by atoms with Crippen molar-refractivity contribution >= 4 is 29.0 Å². The first kappa shape index (κ1) is 20.4. The van der Waals surface area contributed by atoms with Crippen LogP contribution in [0.3, 0.4) is 0 Å². The van der Waals surface area contributed by atoms with Crippen molar-refractivity contribution in [2.45, 2.75) is 0 Å². The van der Waals surface area contributed by atoms with Gasteiger partial charge in [-0.15, -0.1) is 0 Å². The molecule has 0 saturated carbocycles. The highest BCUT2D eigenvalue weighted by Crippen LogP contribution is 2.18. The summed E-state index contributed by atoms with van der Waals surface area (Å²) < 4.78 is 0. The Hall–Kier alpha value is -3.94. The highest BCUT2D eigenvalue weighted by atomic mass is 16.4. The third-order valence-electron chi connectivity index (χ3n) is 3.95. The van der Waals surface area contributed by atoms with Crippen LogP contribution in [0.5, 0.6) is 0 Å². The molecule has 8 nitrogen and oxygen atoms in total. The van der Waals surface area contributed by atoms with Crippen LogP contribution in [0.25, 0.3) is 0 Å². The van der Waals surface area contributed by atoms with Gasteiger partial charge in [0.2, 0.25) is 0 Å². The number of nitrogens with zero attached hydrogens (tertiary/aromatic N) is 1. The van der Waals surface area contributed by atoms with Crippen LogP contribution in [0.4, 0.5) is 5.69 Å². The minimum atomic E-state index is -1.15. The number of rotatable bonds is 6. The zero-order valence-electron chi connectivity index (χ0n) is 15.4. The summed E-state index contributed by atoms with van der Waals surface area (Å²) in [5.41, 5.74) is 6.45. The monoisotopic (exact) mass is 380 g/mol. The number of nitrogens with one attached hydrogen (secondary N) is 2. The number of amides is 1. The van der Waals surface area contributed by atoms with Gasteiger partial charge in [-0.05, 0) is 35.9 Å². The van der Waals surface area contributed by atoms with Crippen molar-refractivity contribution in [2.24, 2.45) is 0 Å². The summed E-state index contributed by atoms with van der Waals surface area (Å²) in [5, 5.41) is 35.3. The average Bonchev–Trinajstić information content (AvgIpc) is 2.66. The summed E-state index contributed by atoms with van der Waals surface area (Å²) in [6.07, 6.45) is 1.09. The van der Waals surface area contributed by atoms with E-state index in [2.05, 4.69) is 0 Å². The first-order valence-electron chi connectivity index (χ1n) is 8.15. The van der Waals surface area contributed by atoms with Crippen LogP contribution in [-0.2, 0) is 0 Å². The topological polar surface area (TPSA) is 152 Å². The van der Waals surface area contributed by atoms with Crippen LogP contribution in [0.2, 0.25) is 0 Å². The van der Waals surface area contributed by atoms with E-state index in [1.165, 1.54) is 23.1 Å². The summed E-state index contributed by atoms with van der Waals surface area (Å²) in [6.45, 7) is 0. The lowest BCUT2D eigenvalue weighted by Crippen LogP contribution is -2.21. The highest BCUT2D eigenvalue weighted by molar-refractivity contribution is 6.17. The predicted molar refractivity (Wildman–Crippen MR) is 107 cm³/mol. The second-order valence-corrected chi connectivity index (χ2v) is 6.20. The normalized spacial score (nSPS) is 11.0. The van der Waals surface area contributed by atoms with Crippen LogP contribution < -0.4 is 5.73 Å². The number of hydrogen-bond acceptors (Lipinski definition) is 6. The van der Waals surface area contributed by atoms with Crippen LogP contribution in [0.15, 0.2) is 54.3 Å². The van der Waals surface area contributed by atoms with Crippen LogP contribution >= 0.6 is 0 Å². The fraction of sp³-hybridized carbons (Fsp3) is 0.100. The van der Waals surface area contributed by atoms with Crippen LogP contribution in [0.1, 0.15) is 31.8 Å². The van der Waals surface area contributed by atoms with Crippen LogP contribution in [0, 0.1) is 10.8 Å². The number of benzene rings is 2. The van der Waals surface area contributed by atoms with Crippen molar-refractivity contribution < 1.29 is 19.8 Å². The highest BCUT2D eigenvalue weighted by Gasteiger charge is 2.14. The number of aromatic carboxylic acids is 1. The van der Waals surface area contributed by atoms with E-state index in [4.69, 9.17) is 21.7 Å². The van der Waals surface area contributed by atoms with Gasteiger partial charge in [-0.3, -0.25) is 10.2 Å². The number of carbonyl (C=O) groups is 2. The first-order chi connectivity index (χ1) is 13.1. The molecule has 2 aromatic rings. The fourth-order valence-corrected chi connectivity index (χ4v) is 2.40.